The van der Waals surface area contributed by atoms with E-state index >= 15 is 0 Å². The average Bonchev–Trinajstić information content (AvgIpc) is 1.76. The van der Waals surface area contributed by atoms with Gasteiger partial charge in [-0.15, -0.1) is 89.5 Å². The Morgan fingerprint density at radius 3 is 0.888 bits per heavy atom. The van der Waals surface area contributed by atoms with E-state index in [0.717, 1.165) is 90.4 Å². The first-order chi connectivity index (χ1) is 58.8. The predicted octanol–water partition coefficient (Wildman–Crippen LogP) is 31.0. The topological polar surface area (TPSA) is 82.3 Å². The number of hydrogen-bond donors (Lipinski definition) is 0. The number of nitrogens with zero attached hydrogens (tertiary/aromatic N) is 7. The van der Waals surface area contributed by atoms with Gasteiger partial charge in [-0.1, -0.05) is 308 Å². The summed E-state index contributed by atoms with van der Waals surface area (Å²) >= 11 is 0. The van der Waals surface area contributed by atoms with Crippen molar-refractivity contribution in [1.29, 1.82) is 0 Å². The SMILES string of the molecule is CC(C)(C)c1ccc(-c2cccc(-c3nc(-c4cccc(-c5ccc(C(C)(C)C)cc5)c4)nc(-c4cccc(-c5ccc(C(C)(C)C)cc5)c4)n3)c2)cc1.CC(C)(C)c1ccnc(-c2[c-]cc(F)cc2)c1.CC(C)(C)c1ccnc(-c2[c-]cc(F)cc2)c1.CC(C)(C)c1ccnc(-c2[c-]cc(F)cc2)c1.CCC(C)c1ccc2c(c1)c1ccccc1n2CC.[Ir+3]. The molecule has 0 spiro atoms. The molecular formula is C114H117F3IrN7. The summed E-state index contributed by atoms with van der Waals surface area (Å²) in [6, 6.07) is 102. The molecule has 0 fully saturated rings. The minimum atomic E-state index is -0.277. The summed E-state index contributed by atoms with van der Waals surface area (Å²) in [6.45, 7) is 47.4. The molecule has 11 heteroatoms. The Hall–Kier alpha value is -11.9. The normalized spacial score (nSPS) is 12.0. The third-order valence-electron chi connectivity index (χ3n) is 22.6. The Morgan fingerprint density at radius 2 is 0.600 bits per heavy atom. The van der Waals surface area contributed by atoms with E-state index in [1.165, 1.54) is 104 Å². The Labute approximate surface area is 754 Å². The average molecular weight is 1830 g/mol. The molecule has 0 N–H and O–H groups in total. The molecule has 16 aromatic rings. The number of rotatable bonds is 12. The van der Waals surface area contributed by atoms with Gasteiger partial charge in [0.1, 0.15) is 0 Å². The zero-order valence-electron chi connectivity index (χ0n) is 76.4. The van der Waals surface area contributed by atoms with Crippen LogP contribution in [-0.4, -0.2) is 34.5 Å². The van der Waals surface area contributed by atoms with Gasteiger partial charge in [0.25, 0.3) is 0 Å². The fourth-order valence-corrected chi connectivity index (χ4v) is 14.5. The minimum Gasteiger partial charge on any atom is -0.341 e. The number of halogens is 3. The molecule has 7 nitrogen and oxygen atoms in total. The molecule has 0 amide bonds. The van der Waals surface area contributed by atoms with Crippen LogP contribution in [0.1, 0.15) is 197 Å². The van der Waals surface area contributed by atoms with Crippen LogP contribution < -0.4 is 0 Å². The summed E-state index contributed by atoms with van der Waals surface area (Å²) in [5.74, 6) is 1.73. The van der Waals surface area contributed by atoms with Crippen molar-refractivity contribution in [2.75, 3.05) is 0 Å². The molecule has 0 radical (unpaired) electrons. The molecule has 1 atom stereocenters. The monoisotopic (exact) mass is 1830 g/mol. The maximum atomic E-state index is 12.8. The van der Waals surface area contributed by atoms with Crippen LogP contribution in [0.2, 0.25) is 0 Å². The second-order valence-corrected chi connectivity index (χ2v) is 38.2. The maximum absolute atomic E-state index is 12.8. The number of pyridine rings is 3. The van der Waals surface area contributed by atoms with Crippen molar-refractivity contribution in [1.82, 2.24) is 34.5 Å². The van der Waals surface area contributed by atoms with Gasteiger partial charge < -0.3 is 19.5 Å². The van der Waals surface area contributed by atoms with Crippen molar-refractivity contribution in [3.05, 3.63) is 372 Å². The van der Waals surface area contributed by atoms with Gasteiger partial charge in [-0.2, -0.15) is 0 Å². The summed E-state index contributed by atoms with van der Waals surface area (Å²) in [4.78, 5) is 28.4. The summed E-state index contributed by atoms with van der Waals surface area (Å²) in [5.41, 5.74) is 26.9. The van der Waals surface area contributed by atoms with Crippen molar-refractivity contribution in [2.45, 2.75) is 197 Å². The van der Waals surface area contributed by atoms with Gasteiger partial charge >= 0.3 is 20.1 Å². The largest absolute Gasteiger partial charge is 3.00 e. The Balaban J connectivity index is 0.000000174. The van der Waals surface area contributed by atoms with Crippen LogP contribution in [-0.2, 0) is 59.1 Å². The molecule has 0 aliphatic rings. The van der Waals surface area contributed by atoms with Crippen LogP contribution in [0.4, 0.5) is 13.2 Å². The van der Waals surface area contributed by atoms with Crippen molar-refractivity contribution in [3.63, 3.8) is 0 Å². The molecule has 5 heterocycles. The zero-order chi connectivity index (χ0) is 89.1. The molecule has 16 rings (SSSR count). The number of aromatic nitrogens is 7. The van der Waals surface area contributed by atoms with Crippen molar-refractivity contribution in [3.8, 4) is 101 Å². The van der Waals surface area contributed by atoms with E-state index in [4.69, 9.17) is 15.0 Å². The second-order valence-electron chi connectivity index (χ2n) is 38.2. The second kappa shape index (κ2) is 40.0. The summed E-state index contributed by atoms with van der Waals surface area (Å²) in [6.07, 6.45) is 6.55. The summed E-state index contributed by atoms with van der Waals surface area (Å²) < 4.78 is 40.9. The smallest absolute Gasteiger partial charge is 0.341 e. The van der Waals surface area contributed by atoms with E-state index in [0.29, 0.717) is 23.4 Å². The van der Waals surface area contributed by atoms with Crippen molar-refractivity contribution in [2.24, 2.45) is 0 Å². The van der Waals surface area contributed by atoms with Gasteiger partial charge in [0, 0.05) is 81.1 Å². The summed E-state index contributed by atoms with van der Waals surface area (Å²) in [7, 11) is 0. The molecule has 0 aliphatic heterocycles. The van der Waals surface area contributed by atoms with Crippen molar-refractivity contribution >= 4 is 21.8 Å². The van der Waals surface area contributed by atoms with Crippen LogP contribution >= 0.6 is 0 Å². The van der Waals surface area contributed by atoms with E-state index < -0.39 is 0 Å². The zero-order valence-corrected chi connectivity index (χ0v) is 78.8. The molecule has 11 aromatic carbocycles. The van der Waals surface area contributed by atoms with Gasteiger partial charge in [-0.25, -0.2) is 15.0 Å². The van der Waals surface area contributed by atoms with Gasteiger partial charge in [-0.05, 0) is 196 Å². The van der Waals surface area contributed by atoms with E-state index in [-0.39, 0.29) is 70.0 Å². The fourth-order valence-electron chi connectivity index (χ4n) is 14.5. The number of para-hydroxylation sites is 1. The number of hydrogen-bond acceptors (Lipinski definition) is 6. The fraction of sp³-hybridized carbons (Fsp3) is 0.263. The molecule has 0 saturated carbocycles. The molecular weight excluding hydrogens is 1720 g/mol. The van der Waals surface area contributed by atoms with Crippen LogP contribution in [0.25, 0.3) is 123 Å². The molecule has 125 heavy (non-hydrogen) atoms. The molecule has 0 aliphatic carbocycles. The number of fused-ring (bicyclic) bond motifs is 3. The van der Waals surface area contributed by atoms with Crippen LogP contribution in [0, 0.1) is 35.7 Å². The maximum Gasteiger partial charge on any atom is 3.00 e. The van der Waals surface area contributed by atoms with Crippen molar-refractivity contribution < 1.29 is 33.3 Å². The molecule has 0 bridgehead atoms. The Morgan fingerprint density at radius 1 is 0.296 bits per heavy atom. The van der Waals surface area contributed by atoms with Crippen LogP contribution in [0.5, 0.6) is 0 Å². The number of benzene rings is 11. The third-order valence-corrected chi connectivity index (χ3v) is 22.6. The first-order valence-electron chi connectivity index (χ1n) is 43.1. The molecule has 5 aromatic heterocycles. The van der Waals surface area contributed by atoms with Gasteiger partial charge in [0.2, 0.25) is 0 Å². The predicted molar refractivity (Wildman–Crippen MR) is 514 cm³/mol. The van der Waals surface area contributed by atoms with E-state index in [9.17, 15) is 13.2 Å². The molecule has 0 saturated heterocycles. The number of aryl methyl sites for hydroxylation is 1. The van der Waals surface area contributed by atoms with Crippen LogP contribution in [0.3, 0.4) is 0 Å². The quantitative estimate of drug-likeness (QED) is 0.113. The Bertz CT molecular complexity index is 5750. The van der Waals surface area contributed by atoms with E-state index in [2.05, 4.69) is 371 Å². The van der Waals surface area contributed by atoms with Gasteiger partial charge in [0.15, 0.2) is 17.5 Å². The standard InChI is InChI=1S/C51H51N3.C18H21N.3C15H15FN.Ir/c1-49(2,3)43-25-19-34(20-26-43)37-13-10-16-40(31-37)46-52-47(41-17-11-14-38(32-41)35-21-27-44(28-22-35)50(4,5)6)54-48(53-46)42-18-12-15-39(33-42)36-23-29-45(30-24-36)51(7,8)9;1-4-13(3)14-10-11-18-16(12-14)15-8-6-7-9-17(15)19(18)5-2;3*1-15(2,3)12-8-9-17-14(10-12)11-4-6-13(16)7-5-11;/h10-33H,1-9H3;6-13H,4-5H2,1-3H3;3*4,6-10H,1-3H3;/q;;3*-1;+3. The minimum absolute atomic E-state index is 0. The van der Waals surface area contributed by atoms with Crippen LogP contribution in [0.15, 0.2) is 298 Å². The first kappa shape index (κ1) is 93.8. The molecule has 1 unspecified atom stereocenters. The first-order valence-corrected chi connectivity index (χ1v) is 43.1. The van der Waals surface area contributed by atoms with Gasteiger partial charge in [-0.3, -0.25) is 13.2 Å². The third kappa shape index (κ3) is 24.4. The summed E-state index contributed by atoms with van der Waals surface area (Å²) in [5, 5.41) is 2.78. The van der Waals surface area contributed by atoms with E-state index in [1.54, 1.807) is 36.8 Å². The van der Waals surface area contributed by atoms with E-state index in [1.807, 2.05) is 36.4 Å². The Kier molecular flexibility index (Phi) is 30.0. The molecule has 638 valence electrons. The van der Waals surface area contributed by atoms with Gasteiger partial charge in [0.05, 0.1) is 0 Å².